The zero-order chi connectivity index (χ0) is 13.4. The number of hydrogen-bond acceptors (Lipinski definition) is 3. The fraction of sp³-hybridized carbons (Fsp3) is 0.583. The number of aryl methyl sites for hydroxylation is 1. The summed E-state index contributed by atoms with van der Waals surface area (Å²) in [6.45, 7) is 3.42. The second kappa shape index (κ2) is 4.44. The van der Waals surface area contributed by atoms with Crippen molar-refractivity contribution in [2.75, 3.05) is 7.05 Å². The Labute approximate surface area is 105 Å². The lowest BCUT2D eigenvalue weighted by molar-refractivity contribution is -0.131. The third kappa shape index (κ3) is 2.23. The third-order valence-electron chi connectivity index (χ3n) is 3.37. The van der Waals surface area contributed by atoms with Gasteiger partial charge in [-0.2, -0.15) is 5.10 Å². The normalized spacial score (nSPS) is 14.6. The molecule has 18 heavy (non-hydrogen) atoms. The van der Waals surface area contributed by atoms with Gasteiger partial charge in [0, 0.05) is 13.1 Å². The largest absolute Gasteiger partial charge is 0.478 e. The number of aromatic nitrogens is 2. The van der Waals surface area contributed by atoms with Gasteiger partial charge in [-0.05, 0) is 26.7 Å². The highest BCUT2D eigenvalue weighted by atomic mass is 16.4. The van der Waals surface area contributed by atoms with E-state index in [0.717, 1.165) is 12.8 Å². The van der Waals surface area contributed by atoms with Crippen LogP contribution in [0.1, 0.15) is 34.6 Å². The topological polar surface area (TPSA) is 75.4 Å². The van der Waals surface area contributed by atoms with Crippen molar-refractivity contribution in [1.29, 1.82) is 0 Å². The lowest BCUT2D eigenvalue weighted by Gasteiger charge is -2.16. The number of carboxylic acid groups (broad SMARTS) is 1. The summed E-state index contributed by atoms with van der Waals surface area (Å²) in [4.78, 5) is 24.7. The maximum atomic E-state index is 12.0. The number of carboxylic acids is 1. The van der Waals surface area contributed by atoms with E-state index in [1.807, 2.05) is 0 Å². The molecule has 6 nitrogen and oxygen atoms in total. The van der Waals surface area contributed by atoms with Gasteiger partial charge in [0.25, 0.3) is 0 Å². The van der Waals surface area contributed by atoms with Gasteiger partial charge < -0.3 is 10.0 Å². The number of likely N-dealkylation sites (N-methyl/N-ethyl adjacent to an activating group) is 1. The first kappa shape index (κ1) is 12.6. The van der Waals surface area contributed by atoms with Crippen molar-refractivity contribution in [3.05, 3.63) is 17.0 Å². The molecule has 1 aliphatic rings. The van der Waals surface area contributed by atoms with E-state index in [1.165, 1.54) is 4.68 Å². The highest BCUT2D eigenvalue weighted by Gasteiger charge is 2.30. The Morgan fingerprint density at radius 3 is 2.50 bits per heavy atom. The van der Waals surface area contributed by atoms with Gasteiger partial charge in [0.1, 0.15) is 12.1 Å². The smallest absolute Gasteiger partial charge is 0.339 e. The van der Waals surface area contributed by atoms with E-state index in [1.54, 1.807) is 25.8 Å². The molecule has 0 aromatic carbocycles. The first-order valence-electron chi connectivity index (χ1n) is 5.94. The van der Waals surface area contributed by atoms with Crippen molar-refractivity contribution in [1.82, 2.24) is 14.7 Å². The number of amides is 1. The van der Waals surface area contributed by atoms with E-state index in [-0.39, 0.29) is 18.0 Å². The van der Waals surface area contributed by atoms with Gasteiger partial charge >= 0.3 is 5.97 Å². The van der Waals surface area contributed by atoms with Gasteiger partial charge in [-0.25, -0.2) is 4.79 Å². The Morgan fingerprint density at radius 1 is 1.44 bits per heavy atom. The Morgan fingerprint density at radius 2 is 2.06 bits per heavy atom. The van der Waals surface area contributed by atoms with Crippen LogP contribution in [-0.4, -0.2) is 44.8 Å². The van der Waals surface area contributed by atoms with Gasteiger partial charge in [-0.3, -0.25) is 9.48 Å². The molecule has 0 atom stereocenters. The molecule has 1 amide bonds. The monoisotopic (exact) mass is 251 g/mol. The van der Waals surface area contributed by atoms with Crippen molar-refractivity contribution in [2.45, 2.75) is 39.3 Å². The lowest BCUT2D eigenvalue weighted by Crippen LogP contribution is -2.32. The summed E-state index contributed by atoms with van der Waals surface area (Å²) in [6.07, 6.45) is 2.11. The Bertz CT molecular complexity index is 503. The van der Waals surface area contributed by atoms with Crippen LogP contribution in [0.5, 0.6) is 0 Å². The summed E-state index contributed by atoms with van der Waals surface area (Å²) in [6, 6.07) is 0.355. The average molecular weight is 251 g/mol. The zero-order valence-corrected chi connectivity index (χ0v) is 10.8. The molecule has 1 N–H and O–H groups in total. The molecule has 1 heterocycles. The lowest BCUT2D eigenvalue weighted by atomic mass is 10.2. The molecule has 0 bridgehead atoms. The maximum absolute atomic E-state index is 12.0. The van der Waals surface area contributed by atoms with Crippen molar-refractivity contribution in [3.63, 3.8) is 0 Å². The molecule has 0 saturated heterocycles. The van der Waals surface area contributed by atoms with E-state index < -0.39 is 5.97 Å². The van der Waals surface area contributed by atoms with Crippen LogP contribution in [0.3, 0.4) is 0 Å². The van der Waals surface area contributed by atoms with E-state index in [2.05, 4.69) is 5.10 Å². The minimum absolute atomic E-state index is 0.0277. The third-order valence-corrected chi connectivity index (χ3v) is 3.37. The van der Waals surface area contributed by atoms with Crippen LogP contribution in [0.2, 0.25) is 0 Å². The predicted octanol–water partition coefficient (Wildman–Crippen LogP) is 0.819. The van der Waals surface area contributed by atoms with Crippen molar-refractivity contribution in [3.8, 4) is 0 Å². The van der Waals surface area contributed by atoms with Crippen LogP contribution < -0.4 is 0 Å². The first-order valence-corrected chi connectivity index (χ1v) is 5.94. The molecule has 0 aliphatic heterocycles. The molecular formula is C12H17N3O3. The fourth-order valence-electron chi connectivity index (χ4n) is 2.07. The number of carbonyl (C=O) groups is 2. The van der Waals surface area contributed by atoms with Crippen molar-refractivity contribution < 1.29 is 14.7 Å². The molecule has 1 aliphatic carbocycles. The second-order valence-corrected chi connectivity index (χ2v) is 4.74. The van der Waals surface area contributed by atoms with Crippen LogP contribution in [0.4, 0.5) is 0 Å². The highest BCUT2D eigenvalue weighted by Crippen LogP contribution is 2.25. The van der Waals surface area contributed by atoms with Gasteiger partial charge in [-0.1, -0.05) is 0 Å². The van der Waals surface area contributed by atoms with E-state index in [0.29, 0.717) is 17.4 Å². The minimum Gasteiger partial charge on any atom is -0.478 e. The van der Waals surface area contributed by atoms with Crippen LogP contribution >= 0.6 is 0 Å². The summed E-state index contributed by atoms with van der Waals surface area (Å²) in [5.74, 6) is -1.03. The van der Waals surface area contributed by atoms with E-state index in [9.17, 15) is 9.59 Å². The average Bonchev–Trinajstić information content (AvgIpc) is 3.06. The maximum Gasteiger partial charge on any atom is 0.339 e. The fourth-order valence-corrected chi connectivity index (χ4v) is 2.07. The molecule has 0 unspecified atom stereocenters. The number of carbonyl (C=O) groups excluding carboxylic acids is 1. The van der Waals surface area contributed by atoms with Crippen molar-refractivity contribution in [2.24, 2.45) is 0 Å². The SMILES string of the molecule is Cc1nn(CC(=O)N(C)C2CC2)c(C)c1C(=O)O. The summed E-state index contributed by atoms with van der Waals surface area (Å²) in [7, 11) is 1.78. The van der Waals surface area contributed by atoms with Crippen LogP contribution in [-0.2, 0) is 11.3 Å². The zero-order valence-electron chi connectivity index (χ0n) is 10.8. The Kier molecular flexibility index (Phi) is 3.11. The highest BCUT2D eigenvalue weighted by molar-refractivity contribution is 5.90. The molecule has 0 radical (unpaired) electrons. The molecule has 1 aromatic heterocycles. The summed E-state index contributed by atoms with van der Waals surface area (Å²) >= 11 is 0. The van der Waals surface area contributed by atoms with E-state index in [4.69, 9.17) is 5.11 Å². The molecule has 0 spiro atoms. The summed E-state index contributed by atoms with van der Waals surface area (Å²) in [5, 5.41) is 13.2. The van der Waals surface area contributed by atoms with Crippen LogP contribution in [0.25, 0.3) is 0 Å². The number of rotatable bonds is 4. The Hall–Kier alpha value is -1.85. The summed E-state index contributed by atoms with van der Waals surface area (Å²) in [5.41, 5.74) is 1.16. The quantitative estimate of drug-likeness (QED) is 0.859. The van der Waals surface area contributed by atoms with Gasteiger partial charge in [0.05, 0.1) is 11.4 Å². The van der Waals surface area contributed by atoms with Gasteiger partial charge in [-0.15, -0.1) is 0 Å². The summed E-state index contributed by atoms with van der Waals surface area (Å²) < 4.78 is 1.47. The predicted molar refractivity (Wildman–Crippen MR) is 64.5 cm³/mol. The molecule has 6 heteroatoms. The minimum atomic E-state index is -1.00. The Balaban J connectivity index is 2.16. The molecule has 1 aromatic rings. The number of hydrogen-bond donors (Lipinski definition) is 1. The second-order valence-electron chi connectivity index (χ2n) is 4.74. The first-order chi connectivity index (χ1) is 8.41. The molecule has 1 saturated carbocycles. The molecule has 98 valence electrons. The van der Waals surface area contributed by atoms with Crippen LogP contribution in [0.15, 0.2) is 0 Å². The molecule has 1 fully saturated rings. The van der Waals surface area contributed by atoms with Gasteiger partial charge in [0.15, 0.2) is 0 Å². The standard InChI is InChI=1S/C12H17N3O3/c1-7-11(12(17)18)8(2)15(13-7)6-10(16)14(3)9-4-5-9/h9H,4-6H2,1-3H3,(H,17,18). The number of aromatic carboxylic acids is 1. The molecular weight excluding hydrogens is 234 g/mol. The number of nitrogens with zero attached hydrogens (tertiary/aromatic N) is 3. The van der Waals surface area contributed by atoms with E-state index >= 15 is 0 Å². The van der Waals surface area contributed by atoms with Crippen LogP contribution in [0, 0.1) is 13.8 Å². The van der Waals surface area contributed by atoms with Gasteiger partial charge in [0.2, 0.25) is 5.91 Å². The molecule has 2 rings (SSSR count). The van der Waals surface area contributed by atoms with Crippen molar-refractivity contribution >= 4 is 11.9 Å².